The van der Waals surface area contributed by atoms with Gasteiger partial charge in [-0.2, -0.15) is 0 Å². The molecule has 168 valence electrons. The van der Waals surface area contributed by atoms with E-state index in [-0.39, 0.29) is 31.4 Å². The first-order valence-corrected chi connectivity index (χ1v) is 12.2. The SMILES string of the molecule is CCCCCCCCCC(C)C(=O)CCCN(CCO)CC(O)CS(=O)(=O)[O-]. The van der Waals surface area contributed by atoms with Crippen LogP contribution in [0.2, 0.25) is 0 Å². The van der Waals surface area contributed by atoms with Gasteiger partial charge in [0.25, 0.3) is 0 Å². The van der Waals surface area contributed by atoms with Gasteiger partial charge in [-0.15, -0.1) is 0 Å². The molecule has 0 aromatic heterocycles. The van der Waals surface area contributed by atoms with Crippen molar-refractivity contribution < 1.29 is 28.0 Å². The van der Waals surface area contributed by atoms with Crippen molar-refractivity contribution in [1.82, 2.24) is 4.90 Å². The molecule has 8 heteroatoms. The van der Waals surface area contributed by atoms with Gasteiger partial charge in [-0.3, -0.25) is 9.69 Å². The molecule has 0 radical (unpaired) electrons. The van der Waals surface area contributed by atoms with Crippen LogP contribution in [0.25, 0.3) is 0 Å². The van der Waals surface area contributed by atoms with Crippen molar-refractivity contribution >= 4 is 15.9 Å². The third kappa shape index (κ3) is 16.4. The fraction of sp³-hybridized carbons (Fsp3) is 0.950. The van der Waals surface area contributed by atoms with E-state index in [1.165, 1.54) is 38.5 Å². The fourth-order valence-corrected chi connectivity index (χ4v) is 3.89. The highest BCUT2D eigenvalue weighted by atomic mass is 32.2. The molecule has 2 N–H and O–H groups in total. The molecule has 0 fully saturated rings. The molecule has 7 nitrogen and oxygen atoms in total. The smallest absolute Gasteiger partial charge is 0.135 e. The Morgan fingerprint density at radius 3 is 2.21 bits per heavy atom. The van der Waals surface area contributed by atoms with Gasteiger partial charge in [-0.05, 0) is 19.4 Å². The van der Waals surface area contributed by atoms with Crippen LogP contribution in [0.1, 0.15) is 78.1 Å². The van der Waals surface area contributed by atoms with Gasteiger partial charge in [0.05, 0.1) is 28.6 Å². The van der Waals surface area contributed by atoms with Crippen molar-refractivity contribution in [2.24, 2.45) is 5.92 Å². The maximum atomic E-state index is 12.3. The van der Waals surface area contributed by atoms with Crippen molar-refractivity contribution in [2.45, 2.75) is 84.2 Å². The number of rotatable bonds is 19. The highest BCUT2D eigenvalue weighted by Crippen LogP contribution is 2.15. The number of carbonyl (C=O) groups excluding carboxylic acids is 1. The quantitative estimate of drug-likeness (QED) is 0.242. The first-order chi connectivity index (χ1) is 13.2. The van der Waals surface area contributed by atoms with Crippen LogP contribution in [0.4, 0.5) is 0 Å². The van der Waals surface area contributed by atoms with Crippen molar-refractivity contribution in [3.05, 3.63) is 0 Å². The molecule has 0 aliphatic carbocycles. The summed E-state index contributed by atoms with van der Waals surface area (Å²) in [6.07, 6.45) is 9.22. The third-order valence-electron chi connectivity index (χ3n) is 4.97. The van der Waals surface area contributed by atoms with E-state index >= 15 is 0 Å². The zero-order valence-corrected chi connectivity index (χ0v) is 18.5. The van der Waals surface area contributed by atoms with E-state index in [1.807, 2.05) is 6.92 Å². The summed E-state index contributed by atoms with van der Waals surface area (Å²) >= 11 is 0. The van der Waals surface area contributed by atoms with Gasteiger partial charge < -0.3 is 14.8 Å². The Morgan fingerprint density at radius 1 is 1.04 bits per heavy atom. The number of hydrogen-bond acceptors (Lipinski definition) is 7. The predicted octanol–water partition coefficient (Wildman–Crippen LogP) is 2.31. The zero-order valence-electron chi connectivity index (χ0n) is 17.6. The lowest BCUT2D eigenvalue weighted by Crippen LogP contribution is -2.38. The molecule has 0 aromatic carbocycles. The van der Waals surface area contributed by atoms with Crippen LogP contribution in [-0.4, -0.2) is 72.0 Å². The molecular weight excluding hydrogens is 382 g/mol. The van der Waals surface area contributed by atoms with E-state index in [4.69, 9.17) is 5.11 Å². The molecule has 0 heterocycles. The fourth-order valence-electron chi connectivity index (χ4n) is 3.31. The lowest BCUT2D eigenvalue weighted by atomic mass is 9.95. The minimum atomic E-state index is -4.49. The number of Topliss-reactive ketones (excluding diaryl/α,β-unsaturated/α-hetero) is 1. The van der Waals surface area contributed by atoms with E-state index < -0.39 is 22.0 Å². The van der Waals surface area contributed by atoms with Gasteiger partial charge in [0.15, 0.2) is 0 Å². The summed E-state index contributed by atoms with van der Waals surface area (Å²) in [5.74, 6) is -0.584. The monoisotopic (exact) mass is 422 g/mol. The molecule has 0 aromatic rings. The molecule has 0 saturated carbocycles. The van der Waals surface area contributed by atoms with E-state index in [0.717, 1.165) is 12.8 Å². The topological polar surface area (TPSA) is 118 Å². The largest absolute Gasteiger partial charge is 0.748 e. The van der Waals surface area contributed by atoms with Crippen LogP contribution >= 0.6 is 0 Å². The number of ketones is 1. The Bertz CT molecular complexity index is 497. The lowest BCUT2D eigenvalue weighted by molar-refractivity contribution is -0.122. The maximum absolute atomic E-state index is 12.3. The second-order valence-electron chi connectivity index (χ2n) is 7.78. The van der Waals surface area contributed by atoms with Crippen molar-refractivity contribution in [3.8, 4) is 0 Å². The van der Waals surface area contributed by atoms with Gasteiger partial charge >= 0.3 is 0 Å². The minimum absolute atomic E-state index is 0.0101. The van der Waals surface area contributed by atoms with Gasteiger partial charge in [0, 0.05) is 25.4 Å². The van der Waals surface area contributed by atoms with Crippen molar-refractivity contribution in [2.75, 3.05) is 32.0 Å². The van der Waals surface area contributed by atoms with Crippen LogP contribution in [0.15, 0.2) is 0 Å². The molecular formula is C20H40NO6S-. The van der Waals surface area contributed by atoms with Crippen LogP contribution in [0.3, 0.4) is 0 Å². The second-order valence-corrected chi connectivity index (χ2v) is 9.23. The maximum Gasteiger partial charge on any atom is 0.135 e. The Hall–Kier alpha value is -0.540. The van der Waals surface area contributed by atoms with E-state index in [1.54, 1.807) is 4.90 Å². The molecule has 2 atom stereocenters. The molecule has 0 saturated heterocycles. The summed E-state index contributed by atoms with van der Waals surface area (Å²) in [5.41, 5.74) is 0. The average Bonchev–Trinajstić information content (AvgIpc) is 2.59. The number of aliphatic hydroxyl groups excluding tert-OH is 2. The highest BCUT2D eigenvalue weighted by molar-refractivity contribution is 7.85. The van der Waals surface area contributed by atoms with Gasteiger partial charge in [0.1, 0.15) is 5.78 Å². The van der Waals surface area contributed by atoms with Gasteiger partial charge in [-0.1, -0.05) is 58.8 Å². The molecule has 2 unspecified atom stereocenters. The summed E-state index contributed by atoms with van der Waals surface area (Å²) in [4.78, 5) is 13.9. The Kier molecular flexibility index (Phi) is 16.0. The summed E-state index contributed by atoms with van der Waals surface area (Å²) < 4.78 is 32.1. The summed E-state index contributed by atoms with van der Waals surface area (Å²) in [5, 5.41) is 18.8. The van der Waals surface area contributed by atoms with Crippen LogP contribution in [-0.2, 0) is 14.9 Å². The van der Waals surface area contributed by atoms with Crippen LogP contribution in [0, 0.1) is 5.92 Å². The van der Waals surface area contributed by atoms with E-state index in [9.17, 15) is 22.9 Å². The number of carbonyl (C=O) groups is 1. The number of unbranched alkanes of at least 4 members (excludes halogenated alkanes) is 6. The van der Waals surface area contributed by atoms with E-state index in [0.29, 0.717) is 19.4 Å². The van der Waals surface area contributed by atoms with Crippen LogP contribution < -0.4 is 0 Å². The number of hydrogen-bond donors (Lipinski definition) is 2. The third-order valence-corrected chi connectivity index (χ3v) is 5.76. The molecule has 28 heavy (non-hydrogen) atoms. The number of nitrogens with zero attached hydrogens (tertiary/aromatic N) is 1. The molecule has 0 amide bonds. The molecule has 0 rings (SSSR count). The zero-order chi connectivity index (χ0) is 21.4. The first-order valence-electron chi connectivity index (χ1n) is 10.7. The minimum Gasteiger partial charge on any atom is -0.748 e. The lowest BCUT2D eigenvalue weighted by Gasteiger charge is -2.25. The van der Waals surface area contributed by atoms with Gasteiger partial charge in [0.2, 0.25) is 0 Å². The number of aliphatic hydroxyl groups is 2. The normalized spacial score (nSPS) is 14.4. The molecule has 0 aliphatic heterocycles. The first kappa shape index (κ1) is 27.5. The Labute approximate surface area is 171 Å². The molecule has 0 bridgehead atoms. The summed E-state index contributed by atoms with van der Waals surface area (Å²) in [6, 6.07) is 0. The van der Waals surface area contributed by atoms with Crippen LogP contribution in [0.5, 0.6) is 0 Å². The summed E-state index contributed by atoms with van der Waals surface area (Å²) in [6.45, 7) is 4.75. The summed E-state index contributed by atoms with van der Waals surface area (Å²) in [7, 11) is -4.49. The Balaban J connectivity index is 4.02. The van der Waals surface area contributed by atoms with Crippen molar-refractivity contribution in [3.63, 3.8) is 0 Å². The van der Waals surface area contributed by atoms with E-state index in [2.05, 4.69) is 6.92 Å². The average molecular weight is 423 g/mol. The highest BCUT2D eigenvalue weighted by Gasteiger charge is 2.16. The Morgan fingerprint density at radius 2 is 1.64 bits per heavy atom. The molecule has 0 aliphatic rings. The van der Waals surface area contributed by atoms with Gasteiger partial charge in [-0.25, -0.2) is 8.42 Å². The predicted molar refractivity (Wildman–Crippen MR) is 110 cm³/mol. The van der Waals surface area contributed by atoms with Crippen molar-refractivity contribution in [1.29, 1.82) is 0 Å². The standard InChI is InChI=1S/C20H41NO6S/c1-3-4-5-6-7-8-9-11-18(2)20(24)12-10-13-21(14-15-22)16-19(23)17-28(25,26)27/h18-19,22-23H,3-17H2,1-2H3,(H,25,26,27)/p-1. The second kappa shape index (κ2) is 16.3. The molecule has 0 spiro atoms.